The number of amides is 1. The highest BCUT2D eigenvalue weighted by Gasteiger charge is 2.17. The highest BCUT2D eigenvalue weighted by molar-refractivity contribution is 5.95. The third-order valence-corrected chi connectivity index (χ3v) is 6.89. The van der Waals surface area contributed by atoms with Crippen LogP contribution in [-0.2, 0) is 13.0 Å². The number of aromatic nitrogens is 2. The Bertz CT molecular complexity index is 1390. The van der Waals surface area contributed by atoms with E-state index < -0.39 is 0 Å². The predicted octanol–water partition coefficient (Wildman–Crippen LogP) is 6.02. The number of hydrogen-bond donors (Lipinski definition) is 1. The molecule has 1 heterocycles. The topological polar surface area (TPSA) is 83.8 Å². The summed E-state index contributed by atoms with van der Waals surface area (Å²) >= 11 is 0. The smallest absolute Gasteiger partial charge is 0.251 e. The van der Waals surface area contributed by atoms with Crippen molar-refractivity contribution in [3.63, 3.8) is 0 Å². The Hall–Kier alpha value is -4.20. The molecule has 0 bridgehead atoms. The number of aryl methyl sites for hydroxylation is 1. The quantitative estimate of drug-likeness (QED) is 0.195. The fourth-order valence-corrected chi connectivity index (χ4v) is 4.68. The van der Waals surface area contributed by atoms with Gasteiger partial charge < -0.3 is 28.8 Å². The number of benzene rings is 3. The van der Waals surface area contributed by atoms with E-state index in [1.54, 1.807) is 12.1 Å². The average Bonchev–Trinajstić information content (AvgIpc) is 3.33. The molecular formula is C32H39N3O5. The third-order valence-electron chi connectivity index (χ3n) is 6.89. The van der Waals surface area contributed by atoms with Gasteiger partial charge in [-0.2, -0.15) is 0 Å². The van der Waals surface area contributed by atoms with E-state index in [2.05, 4.69) is 41.9 Å². The van der Waals surface area contributed by atoms with Crippen LogP contribution in [0.3, 0.4) is 0 Å². The van der Waals surface area contributed by atoms with Crippen molar-refractivity contribution in [2.45, 2.75) is 45.6 Å². The second-order valence-electron chi connectivity index (χ2n) is 9.87. The molecule has 8 nitrogen and oxygen atoms in total. The number of carbonyl (C=O) groups is 1. The molecular weight excluding hydrogens is 506 g/mol. The first kappa shape index (κ1) is 28.8. The second kappa shape index (κ2) is 13.7. The van der Waals surface area contributed by atoms with Gasteiger partial charge in [0.2, 0.25) is 5.75 Å². The van der Waals surface area contributed by atoms with E-state index in [0.29, 0.717) is 48.3 Å². The van der Waals surface area contributed by atoms with Gasteiger partial charge in [-0.3, -0.25) is 4.79 Å². The Kier molecular flexibility index (Phi) is 9.89. The van der Waals surface area contributed by atoms with Crippen molar-refractivity contribution in [3.8, 4) is 23.0 Å². The van der Waals surface area contributed by atoms with Crippen molar-refractivity contribution >= 4 is 16.9 Å². The molecule has 212 valence electrons. The van der Waals surface area contributed by atoms with E-state index in [4.69, 9.17) is 23.9 Å². The van der Waals surface area contributed by atoms with Crippen LogP contribution in [0.4, 0.5) is 0 Å². The lowest BCUT2D eigenvalue weighted by Gasteiger charge is -2.14. The van der Waals surface area contributed by atoms with Crippen LogP contribution in [0, 0.1) is 0 Å². The Balaban J connectivity index is 1.35. The van der Waals surface area contributed by atoms with Crippen molar-refractivity contribution in [2.24, 2.45) is 0 Å². The van der Waals surface area contributed by atoms with Gasteiger partial charge in [-0.25, -0.2) is 4.98 Å². The fourth-order valence-electron chi connectivity index (χ4n) is 4.68. The third kappa shape index (κ3) is 6.86. The van der Waals surface area contributed by atoms with E-state index in [1.165, 1.54) is 26.9 Å². The lowest BCUT2D eigenvalue weighted by molar-refractivity contribution is 0.0953. The minimum absolute atomic E-state index is 0.222. The van der Waals surface area contributed by atoms with Crippen LogP contribution in [0.2, 0.25) is 0 Å². The zero-order valence-electron chi connectivity index (χ0n) is 24.0. The van der Waals surface area contributed by atoms with E-state index >= 15 is 0 Å². The Morgan fingerprint density at radius 1 is 0.925 bits per heavy atom. The Labute approximate surface area is 236 Å². The molecule has 1 N–H and O–H groups in total. The van der Waals surface area contributed by atoms with Gasteiger partial charge in [-0.15, -0.1) is 0 Å². The van der Waals surface area contributed by atoms with Crippen LogP contribution in [0.15, 0.2) is 60.7 Å². The number of methoxy groups -OCH3 is 3. The minimum atomic E-state index is -0.222. The SMILES string of the molecule is COc1cc(C(=O)NCCc2nc3ccccc3n2CCCCOc2ccc(C(C)C)cc2)cc(OC)c1OC. The molecule has 40 heavy (non-hydrogen) atoms. The highest BCUT2D eigenvalue weighted by Crippen LogP contribution is 2.38. The zero-order chi connectivity index (χ0) is 28.5. The van der Waals surface area contributed by atoms with Crippen molar-refractivity contribution in [2.75, 3.05) is 34.5 Å². The maximum atomic E-state index is 12.9. The minimum Gasteiger partial charge on any atom is -0.494 e. The Morgan fingerprint density at radius 3 is 2.27 bits per heavy atom. The number of unbranched alkanes of at least 4 members (excludes halogenated alkanes) is 1. The van der Waals surface area contributed by atoms with Crippen molar-refractivity contribution in [1.29, 1.82) is 0 Å². The molecule has 0 unspecified atom stereocenters. The maximum Gasteiger partial charge on any atom is 0.251 e. The van der Waals surface area contributed by atoms with Crippen LogP contribution < -0.4 is 24.3 Å². The first-order valence-corrected chi connectivity index (χ1v) is 13.7. The number of para-hydroxylation sites is 2. The molecule has 1 amide bonds. The van der Waals surface area contributed by atoms with Gasteiger partial charge in [0.15, 0.2) is 11.5 Å². The number of nitrogens with one attached hydrogen (secondary N) is 1. The predicted molar refractivity (Wildman–Crippen MR) is 157 cm³/mol. The van der Waals surface area contributed by atoms with Crippen LogP contribution in [0.5, 0.6) is 23.0 Å². The average molecular weight is 546 g/mol. The number of fused-ring (bicyclic) bond motifs is 1. The maximum absolute atomic E-state index is 12.9. The number of carbonyl (C=O) groups excluding carboxylic acids is 1. The van der Waals surface area contributed by atoms with Crippen molar-refractivity contribution in [3.05, 3.63) is 77.6 Å². The molecule has 0 fully saturated rings. The summed E-state index contributed by atoms with van der Waals surface area (Å²) in [5.74, 6) is 3.45. The van der Waals surface area contributed by atoms with Crippen molar-refractivity contribution < 1.29 is 23.7 Å². The molecule has 8 heteroatoms. The monoisotopic (exact) mass is 545 g/mol. The molecule has 4 rings (SSSR count). The summed E-state index contributed by atoms with van der Waals surface area (Å²) in [6.45, 7) is 6.30. The van der Waals surface area contributed by atoms with Crippen LogP contribution in [-0.4, -0.2) is 49.9 Å². The van der Waals surface area contributed by atoms with Gasteiger partial charge in [-0.1, -0.05) is 38.1 Å². The zero-order valence-corrected chi connectivity index (χ0v) is 24.0. The number of ether oxygens (including phenoxy) is 4. The van der Waals surface area contributed by atoms with E-state index in [9.17, 15) is 4.79 Å². The molecule has 0 aliphatic heterocycles. The molecule has 0 saturated heterocycles. The first-order valence-electron chi connectivity index (χ1n) is 13.7. The van der Waals surface area contributed by atoms with Gasteiger partial charge in [0.1, 0.15) is 11.6 Å². The fraction of sp³-hybridized carbons (Fsp3) is 0.375. The summed E-state index contributed by atoms with van der Waals surface area (Å²) < 4.78 is 24.3. The van der Waals surface area contributed by atoms with Gasteiger partial charge in [0.05, 0.1) is 39.0 Å². The standard InChI is InChI=1S/C32H39N3O5/c1-22(2)23-12-14-25(15-13-23)40-19-9-8-18-35-27-11-7-6-10-26(27)34-30(35)16-17-33-32(36)24-20-28(37-3)31(39-5)29(21-24)38-4/h6-7,10-15,20-22H,8-9,16-19H2,1-5H3,(H,33,36). The van der Waals surface area contributed by atoms with E-state index in [-0.39, 0.29) is 5.91 Å². The summed E-state index contributed by atoms with van der Waals surface area (Å²) in [4.78, 5) is 17.8. The van der Waals surface area contributed by atoms with E-state index in [1.807, 2.05) is 30.3 Å². The number of nitrogens with zero attached hydrogens (tertiary/aromatic N) is 2. The van der Waals surface area contributed by atoms with Crippen LogP contribution >= 0.6 is 0 Å². The van der Waals surface area contributed by atoms with Crippen LogP contribution in [0.25, 0.3) is 11.0 Å². The molecule has 0 spiro atoms. The van der Waals surface area contributed by atoms with Crippen molar-refractivity contribution in [1.82, 2.24) is 14.9 Å². The van der Waals surface area contributed by atoms with E-state index in [0.717, 1.165) is 42.0 Å². The van der Waals surface area contributed by atoms with Gasteiger partial charge in [0.25, 0.3) is 5.91 Å². The molecule has 0 atom stereocenters. The van der Waals surface area contributed by atoms with Gasteiger partial charge >= 0.3 is 0 Å². The highest BCUT2D eigenvalue weighted by atomic mass is 16.5. The van der Waals surface area contributed by atoms with Gasteiger partial charge in [-0.05, 0) is 60.7 Å². The molecule has 0 aliphatic rings. The molecule has 1 aromatic heterocycles. The molecule has 4 aromatic rings. The molecule has 3 aromatic carbocycles. The largest absolute Gasteiger partial charge is 0.494 e. The van der Waals surface area contributed by atoms with Crippen LogP contribution in [0.1, 0.15) is 54.4 Å². The lowest BCUT2D eigenvalue weighted by atomic mass is 10.0. The Morgan fingerprint density at radius 2 is 1.62 bits per heavy atom. The molecule has 0 aliphatic carbocycles. The summed E-state index contributed by atoms with van der Waals surface area (Å²) in [5.41, 5.74) is 3.79. The first-order chi connectivity index (χ1) is 19.4. The summed E-state index contributed by atoms with van der Waals surface area (Å²) in [5, 5.41) is 3.00. The normalized spacial score (nSPS) is 11.1. The summed E-state index contributed by atoms with van der Waals surface area (Å²) in [6, 6.07) is 19.8. The molecule has 0 radical (unpaired) electrons. The number of hydrogen-bond acceptors (Lipinski definition) is 6. The summed E-state index contributed by atoms with van der Waals surface area (Å²) in [7, 11) is 4.59. The summed E-state index contributed by atoms with van der Waals surface area (Å²) in [6.07, 6.45) is 2.48. The second-order valence-corrected chi connectivity index (χ2v) is 9.87. The number of rotatable bonds is 14. The lowest BCUT2D eigenvalue weighted by Crippen LogP contribution is -2.26. The molecule has 0 saturated carbocycles. The number of imidazole rings is 1. The van der Waals surface area contributed by atoms with Gasteiger partial charge in [0, 0.05) is 25.1 Å².